The van der Waals surface area contributed by atoms with Gasteiger partial charge < -0.3 is 22.4 Å². The lowest BCUT2D eigenvalue weighted by Crippen LogP contribution is -3.00. The summed E-state index contributed by atoms with van der Waals surface area (Å²) >= 11 is 0. The van der Waals surface area contributed by atoms with Crippen LogP contribution in [0.3, 0.4) is 0 Å². The summed E-state index contributed by atoms with van der Waals surface area (Å²) in [7, 11) is 2.21. The molecule has 1 aliphatic rings. The molecule has 2 rings (SSSR count). The molecule has 0 spiro atoms. The van der Waals surface area contributed by atoms with Gasteiger partial charge in [-0.05, 0) is 50.6 Å². The number of nitrogens with zero attached hydrogens (tertiary/aromatic N) is 1. The first-order chi connectivity index (χ1) is 8.16. The minimum Gasteiger partial charge on any atom is -1.00 e. The Bertz CT molecular complexity index is 383. The van der Waals surface area contributed by atoms with E-state index in [1.165, 1.54) is 31.4 Å². The van der Waals surface area contributed by atoms with Gasteiger partial charge in [-0.15, -0.1) is 0 Å². The topological polar surface area (TPSA) is 23.5 Å². The molecule has 0 bridgehead atoms. The maximum atomic E-state index is 9.68. The molecule has 102 valence electrons. The third-order valence-corrected chi connectivity index (χ3v) is 4.15. The van der Waals surface area contributed by atoms with Crippen molar-refractivity contribution in [2.45, 2.75) is 38.0 Å². The van der Waals surface area contributed by atoms with Gasteiger partial charge in [-0.25, -0.2) is 0 Å². The van der Waals surface area contributed by atoms with Crippen molar-refractivity contribution < 1.29 is 17.5 Å². The molecule has 1 aromatic rings. The van der Waals surface area contributed by atoms with Crippen LogP contribution in [0, 0.1) is 0 Å². The average Bonchev–Trinajstić information content (AvgIpc) is 2.52. The lowest BCUT2D eigenvalue weighted by Gasteiger charge is -2.35. The van der Waals surface area contributed by atoms with E-state index in [2.05, 4.69) is 24.9 Å². The van der Waals surface area contributed by atoms with Crippen molar-refractivity contribution in [1.29, 1.82) is 0 Å². The third kappa shape index (κ3) is 3.18. The van der Waals surface area contributed by atoms with Crippen LogP contribution >= 0.6 is 0 Å². The fraction of sp³-hybridized carbons (Fsp3) is 0.600. The van der Waals surface area contributed by atoms with Gasteiger partial charge in [0.15, 0.2) is 0 Å². The second-order valence-corrected chi connectivity index (χ2v) is 5.38. The Labute approximate surface area is 116 Å². The molecule has 0 aromatic heterocycles. The van der Waals surface area contributed by atoms with Gasteiger partial charge in [0.25, 0.3) is 0 Å². The average molecular weight is 269 g/mol. The van der Waals surface area contributed by atoms with E-state index in [4.69, 9.17) is 0 Å². The summed E-state index contributed by atoms with van der Waals surface area (Å²) in [6.45, 7) is 4.57. The Morgan fingerprint density at radius 2 is 2.11 bits per heavy atom. The van der Waals surface area contributed by atoms with Gasteiger partial charge in [0.05, 0.1) is 0 Å². The van der Waals surface area contributed by atoms with Gasteiger partial charge in [-0.3, -0.25) is 0 Å². The molecule has 1 saturated heterocycles. The SMILES string of the molecule is CCC1(c2cccc(O)c2)CCCCN(C)C1.[Cl-]. The lowest BCUT2D eigenvalue weighted by molar-refractivity contribution is -0.00000478. The van der Waals surface area contributed by atoms with Gasteiger partial charge in [-0.1, -0.05) is 25.5 Å². The number of benzene rings is 1. The molecular formula is C15H23ClNO-. The number of hydrogen-bond donors (Lipinski definition) is 1. The fourth-order valence-electron chi connectivity index (χ4n) is 3.08. The molecule has 0 radical (unpaired) electrons. The molecule has 0 saturated carbocycles. The summed E-state index contributed by atoms with van der Waals surface area (Å²) in [4.78, 5) is 2.43. The summed E-state index contributed by atoms with van der Waals surface area (Å²) in [5.41, 5.74) is 1.53. The highest BCUT2D eigenvalue weighted by Gasteiger charge is 2.33. The van der Waals surface area contributed by atoms with E-state index in [1.54, 1.807) is 6.07 Å². The first kappa shape index (κ1) is 15.3. The quantitative estimate of drug-likeness (QED) is 0.826. The van der Waals surface area contributed by atoms with Crippen LogP contribution in [0.1, 0.15) is 38.2 Å². The molecule has 1 heterocycles. The number of likely N-dealkylation sites (tertiary alicyclic amines) is 1. The highest BCUT2D eigenvalue weighted by atomic mass is 35.5. The molecule has 1 atom stereocenters. The summed E-state index contributed by atoms with van der Waals surface area (Å²) in [5, 5.41) is 9.68. The number of halogens is 1. The van der Waals surface area contributed by atoms with Crippen molar-refractivity contribution in [3.05, 3.63) is 29.8 Å². The molecule has 1 aliphatic heterocycles. The second-order valence-electron chi connectivity index (χ2n) is 5.38. The van der Waals surface area contributed by atoms with E-state index in [9.17, 15) is 5.11 Å². The summed E-state index contributed by atoms with van der Waals surface area (Å²) < 4.78 is 0. The van der Waals surface area contributed by atoms with Crippen molar-refractivity contribution in [2.75, 3.05) is 20.1 Å². The minimum atomic E-state index is 0. The predicted molar refractivity (Wildman–Crippen MR) is 71.4 cm³/mol. The van der Waals surface area contributed by atoms with Gasteiger partial charge in [0.1, 0.15) is 5.75 Å². The number of hydrogen-bond acceptors (Lipinski definition) is 2. The Morgan fingerprint density at radius 3 is 2.78 bits per heavy atom. The molecular weight excluding hydrogens is 246 g/mol. The zero-order valence-electron chi connectivity index (χ0n) is 11.3. The third-order valence-electron chi connectivity index (χ3n) is 4.15. The number of rotatable bonds is 2. The summed E-state index contributed by atoms with van der Waals surface area (Å²) in [6, 6.07) is 7.84. The molecule has 1 aromatic carbocycles. The van der Waals surface area contributed by atoms with Crippen LogP contribution in [0.2, 0.25) is 0 Å². The van der Waals surface area contributed by atoms with E-state index >= 15 is 0 Å². The zero-order valence-corrected chi connectivity index (χ0v) is 12.1. The van der Waals surface area contributed by atoms with Crippen molar-refractivity contribution in [2.24, 2.45) is 0 Å². The van der Waals surface area contributed by atoms with E-state index in [0.717, 1.165) is 13.0 Å². The smallest absolute Gasteiger partial charge is 0.115 e. The normalized spacial score (nSPS) is 25.2. The van der Waals surface area contributed by atoms with Gasteiger partial charge in [0.2, 0.25) is 0 Å². The van der Waals surface area contributed by atoms with Crippen LogP contribution < -0.4 is 12.4 Å². The second kappa shape index (κ2) is 6.44. The Morgan fingerprint density at radius 1 is 1.33 bits per heavy atom. The number of aromatic hydroxyl groups is 1. The van der Waals surface area contributed by atoms with Crippen LogP contribution in [0.25, 0.3) is 0 Å². The molecule has 0 aliphatic carbocycles. The minimum absolute atomic E-state index is 0. The monoisotopic (exact) mass is 268 g/mol. The van der Waals surface area contributed by atoms with Crippen molar-refractivity contribution >= 4 is 0 Å². The van der Waals surface area contributed by atoms with Crippen LogP contribution in [-0.4, -0.2) is 30.1 Å². The molecule has 18 heavy (non-hydrogen) atoms. The van der Waals surface area contributed by atoms with Crippen molar-refractivity contribution in [3.8, 4) is 5.75 Å². The van der Waals surface area contributed by atoms with Crippen LogP contribution in [0.15, 0.2) is 24.3 Å². The maximum absolute atomic E-state index is 9.68. The van der Waals surface area contributed by atoms with Gasteiger partial charge >= 0.3 is 0 Å². The first-order valence-corrected chi connectivity index (χ1v) is 6.64. The zero-order chi connectivity index (χ0) is 12.3. The van der Waals surface area contributed by atoms with Gasteiger partial charge in [0, 0.05) is 12.0 Å². The molecule has 0 amide bonds. The number of phenolic OH excluding ortho intramolecular Hbond substituents is 1. The van der Waals surface area contributed by atoms with Crippen LogP contribution in [-0.2, 0) is 5.41 Å². The molecule has 2 nitrogen and oxygen atoms in total. The summed E-state index contributed by atoms with van der Waals surface area (Å²) in [5.74, 6) is 0.391. The molecule has 1 fully saturated rings. The Balaban J connectivity index is 0.00000162. The van der Waals surface area contributed by atoms with Gasteiger partial charge in [-0.2, -0.15) is 0 Å². The van der Waals surface area contributed by atoms with E-state index < -0.39 is 0 Å². The van der Waals surface area contributed by atoms with Crippen molar-refractivity contribution in [3.63, 3.8) is 0 Å². The Kier molecular flexibility index (Phi) is 5.48. The van der Waals surface area contributed by atoms with E-state index in [0.29, 0.717) is 5.75 Å². The Hall–Kier alpha value is -0.730. The molecule has 1 unspecified atom stereocenters. The number of phenols is 1. The van der Waals surface area contributed by atoms with Crippen molar-refractivity contribution in [1.82, 2.24) is 4.90 Å². The van der Waals surface area contributed by atoms with E-state index in [-0.39, 0.29) is 17.8 Å². The maximum Gasteiger partial charge on any atom is 0.115 e. The van der Waals surface area contributed by atoms with Crippen LogP contribution in [0.4, 0.5) is 0 Å². The van der Waals surface area contributed by atoms with E-state index in [1.807, 2.05) is 12.1 Å². The largest absolute Gasteiger partial charge is 1.00 e. The predicted octanol–water partition coefficient (Wildman–Crippen LogP) is 0.160. The lowest BCUT2D eigenvalue weighted by atomic mass is 9.74. The summed E-state index contributed by atoms with van der Waals surface area (Å²) in [6.07, 6.45) is 4.95. The molecule has 1 N–H and O–H groups in total. The standard InChI is InChI=1S/C15H23NO.ClH/c1-3-15(9-4-5-10-16(2)12-15)13-7-6-8-14(17)11-13;/h6-8,11,17H,3-5,9-10,12H2,1-2H3;1H/p-1. The highest BCUT2D eigenvalue weighted by molar-refractivity contribution is 5.33. The molecule has 3 heteroatoms. The number of likely N-dealkylation sites (N-methyl/N-ethyl adjacent to an activating group) is 1. The fourth-order valence-corrected chi connectivity index (χ4v) is 3.08. The van der Waals surface area contributed by atoms with Crippen LogP contribution in [0.5, 0.6) is 5.75 Å². The first-order valence-electron chi connectivity index (χ1n) is 6.64. The highest BCUT2D eigenvalue weighted by Crippen LogP contribution is 2.37.